The lowest BCUT2D eigenvalue weighted by atomic mass is 10.2. The van der Waals surface area contributed by atoms with Gasteiger partial charge in [-0.2, -0.15) is 0 Å². The van der Waals surface area contributed by atoms with Crippen molar-refractivity contribution in [2.24, 2.45) is 0 Å². The number of anilines is 1. The zero-order chi connectivity index (χ0) is 15.4. The Kier molecular flexibility index (Phi) is 4.42. The second-order valence-corrected chi connectivity index (χ2v) is 4.75. The number of likely N-dealkylation sites (tertiary alicyclic amines) is 1. The molecule has 0 saturated carbocycles. The van der Waals surface area contributed by atoms with Crippen LogP contribution in [-0.2, 0) is 4.79 Å². The van der Waals surface area contributed by atoms with Gasteiger partial charge in [0.05, 0.1) is 11.3 Å². The molecule has 1 aliphatic heterocycles. The maximum atomic E-state index is 12.3. The van der Waals surface area contributed by atoms with Crippen molar-refractivity contribution in [3.05, 3.63) is 29.8 Å². The molecule has 3 amide bonds. The Bertz CT molecular complexity index is 573. The summed E-state index contributed by atoms with van der Waals surface area (Å²) in [5.74, 6) is -1.33. The van der Waals surface area contributed by atoms with Gasteiger partial charge in [0.2, 0.25) is 5.91 Å². The van der Waals surface area contributed by atoms with Crippen molar-refractivity contribution in [3.8, 4) is 0 Å². The number of carbonyl (C=O) groups is 3. The highest BCUT2D eigenvalue weighted by molar-refractivity contribution is 6.01. The molecule has 0 aliphatic carbocycles. The number of urea groups is 1. The molecule has 1 aliphatic rings. The Morgan fingerprint density at radius 1 is 1.29 bits per heavy atom. The van der Waals surface area contributed by atoms with Gasteiger partial charge in [-0.25, -0.2) is 9.59 Å². The van der Waals surface area contributed by atoms with Crippen molar-refractivity contribution in [2.45, 2.75) is 18.9 Å². The Balaban J connectivity index is 2.15. The van der Waals surface area contributed by atoms with Gasteiger partial charge in [-0.3, -0.25) is 4.79 Å². The Morgan fingerprint density at radius 2 is 2.00 bits per heavy atom. The van der Waals surface area contributed by atoms with E-state index in [-0.39, 0.29) is 17.2 Å². The van der Waals surface area contributed by atoms with Crippen LogP contribution >= 0.6 is 0 Å². The van der Waals surface area contributed by atoms with Gasteiger partial charge in [-0.15, -0.1) is 0 Å². The summed E-state index contributed by atoms with van der Waals surface area (Å²) in [6.45, 7) is 0.471. The average molecular weight is 291 g/mol. The van der Waals surface area contributed by atoms with E-state index in [2.05, 4.69) is 10.6 Å². The predicted octanol–water partition coefficient (Wildman–Crippen LogP) is 1.13. The van der Waals surface area contributed by atoms with Crippen LogP contribution in [0.4, 0.5) is 10.5 Å². The van der Waals surface area contributed by atoms with E-state index in [1.54, 1.807) is 12.1 Å². The van der Waals surface area contributed by atoms with E-state index < -0.39 is 18.0 Å². The normalized spacial score (nSPS) is 17.4. The average Bonchev–Trinajstić information content (AvgIpc) is 2.96. The number of aromatic carboxylic acids is 1. The standard InChI is InChI=1S/C14H17N3O4/c1-15-12(18)11-7-4-8-17(11)14(21)16-10-6-3-2-5-9(10)13(19)20/h2-3,5-6,11H,4,7-8H2,1H3,(H,15,18)(H,16,21)(H,19,20). The molecular weight excluding hydrogens is 274 g/mol. The van der Waals surface area contributed by atoms with Gasteiger partial charge in [0.15, 0.2) is 0 Å². The van der Waals surface area contributed by atoms with E-state index in [0.717, 1.165) is 6.42 Å². The smallest absolute Gasteiger partial charge is 0.337 e. The Hall–Kier alpha value is -2.57. The van der Waals surface area contributed by atoms with E-state index in [1.165, 1.54) is 24.1 Å². The zero-order valence-corrected chi connectivity index (χ0v) is 11.6. The number of benzene rings is 1. The number of carbonyl (C=O) groups excluding carboxylic acids is 2. The number of carboxylic acids is 1. The number of nitrogens with zero attached hydrogens (tertiary/aromatic N) is 1. The first-order valence-electron chi connectivity index (χ1n) is 6.66. The fourth-order valence-electron chi connectivity index (χ4n) is 2.41. The molecule has 1 unspecified atom stereocenters. The van der Waals surface area contributed by atoms with Crippen LogP contribution < -0.4 is 10.6 Å². The minimum atomic E-state index is -1.12. The summed E-state index contributed by atoms with van der Waals surface area (Å²) in [5, 5.41) is 14.2. The first-order chi connectivity index (χ1) is 10.0. The second-order valence-electron chi connectivity index (χ2n) is 4.75. The molecule has 7 nitrogen and oxygen atoms in total. The topological polar surface area (TPSA) is 98.7 Å². The van der Waals surface area contributed by atoms with E-state index in [9.17, 15) is 14.4 Å². The van der Waals surface area contributed by atoms with Gasteiger partial charge < -0.3 is 20.6 Å². The summed E-state index contributed by atoms with van der Waals surface area (Å²) in [5.41, 5.74) is 0.235. The molecule has 1 atom stereocenters. The molecule has 0 bridgehead atoms. The highest BCUT2D eigenvalue weighted by Gasteiger charge is 2.33. The molecule has 112 valence electrons. The van der Waals surface area contributed by atoms with Crippen molar-refractivity contribution in [1.82, 2.24) is 10.2 Å². The number of carboxylic acid groups (broad SMARTS) is 1. The Morgan fingerprint density at radius 3 is 2.67 bits per heavy atom. The number of nitrogens with one attached hydrogen (secondary N) is 2. The molecule has 0 radical (unpaired) electrons. The highest BCUT2D eigenvalue weighted by atomic mass is 16.4. The van der Waals surface area contributed by atoms with Crippen molar-refractivity contribution >= 4 is 23.6 Å². The molecule has 1 aromatic rings. The lowest BCUT2D eigenvalue weighted by Gasteiger charge is -2.24. The van der Waals surface area contributed by atoms with Crippen molar-refractivity contribution in [1.29, 1.82) is 0 Å². The lowest BCUT2D eigenvalue weighted by Crippen LogP contribution is -2.46. The van der Waals surface area contributed by atoms with Crippen molar-refractivity contribution in [2.75, 3.05) is 18.9 Å². The third-order valence-electron chi connectivity index (χ3n) is 3.46. The van der Waals surface area contributed by atoms with Crippen molar-refractivity contribution < 1.29 is 19.5 Å². The molecule has 1 fully saturated rings. The molecule has 3 N–H and O–H groups in total. The maximum absolute atomic E-state index is 12.3. The summed E-state index contributed by atoms with van der Waals surface area (Å²) < 4.78 is 0. The van der Waals surface area contributed by atoms with Crippen molar-refractivity contribution in [3.63, 3.8) is 0 Å². The quantitative estimate of drug-likeness (QED) is 0.777. The summed E-state index contributed by atoms with van der Waals surface area (Å²) in [6, 6.07) is 5.19. The van der Waals surface area contributed by atoms with Crippen LogP contribution in [0.1, 0.15) is 23.2 Å². The fraction of sp³-hybridized carbons (Fsp3) is 0.357. The maximum Gasteiger partial charge on any atom is 0.337 e. The lowest BCUT2D eigenvalue weighted by molar-refractivity contribution is -0.124. The Labute approximate surface area is 121 Å². The second kappa shape index (κ2) is 6.25. The number of hydrogen-bond acceptors (Lipinski definition) is 3. The zero-order valence-electron chi connectivity index (χ0n) is 11.6. The number of amides is 3. The van der Waals surface area contributed by atoms with Gasteiger partial charge in [-0.1, -0.05) is 12.1 Å². The summed E-state index contributed by atoms with van der Waals surface area (Å²) in [4.78, 5) is 36.5. The van der Waals surface area contributed by atoms with Crippen LogP contribution in [0, 0.1) is 0 Å². The van der Waals surface area contributed by atoms with Crippen LogP contribution in [0.15, 0.2) is 24.3 Å². The highest BCUT2D eigenvalue weighted by Crippen LogP contribution is 2.21. The van der Waals surface area contributed by atoms with Crippen LogP contribution in [0.3, 0.4) is 0 Å². The molecule has 1 aromatic carbocycles. The van der Waals surface area contributed by atoms with Gasteiger partial charge in [0.1, 0.15) is 6.04 Å². The first kappa shape index (κ1) is 14.8. The molecule has 0 aromatic heterocycles. The largest absolute Gasteiger partial charge is 0.478 e. The molecule has 2 rings (SSSR count). The fourth-order valence-corrected chi connectivity index (χ4v) is 2.41. The monoisotopic (exact) mass is 291 g/mol. The molecule has 1 heterocycles. The number of rotatable bonds is 3. The molecule has 0 spiro atoms. The van der Waals surface area contributed by atoms with Crippen LogP contribution in [0.2, 0.25) is 0 Å². The minimum Gasteiger partial charge on any atom is -0.478 e. The number of para-hydroxylation sites is 1. The molecule has 21 heavy (non-hydrogen) atoms. The van der Waals surface area contributed by atoms with Crippen LogP contribution in [0.25, 0.3) is 0 Å². The third kappa shape index (κ3) is 3.13. The molecular formula is C14H17N3O4. The van der Waals surface area contributed by atoms with Gasteiger partial charge >= 0.3 is 12.0 Å². The van der Waals surface area contributed by atoms with E-state index in [4.69, 9.17) is 5.11 Å². The summed E-state index contributed by atoms with van der Waals surface area (Å²) in [6.07, 6.45) is 1.35. The number of likely N-dealkylation sites (N-methyl/N-ethyl adjacent to an activating group) is 1. The molecule has 1 saturated heterocycles. The van der Waals surface area contributed by atoms with Crippen LogP contribution in [0.5, 0.6) is 0 Å². The minimum absolute atomic E-state index is 0.0153. The SMILES string of the molecule is CNC(=O)C1CCCN1C(=O)Nc1ccccc1C(=O)O. The number of hydrogen-bond donors (Lipinski definition) is 3. The summed E-state index contributed by atoms with van der Waals surface area (Å²) in [7, 11) is 1.52. The van der Waals surface area contributed by atoms with Gasteiger partial charge in [-0.05, 0) is 25.0 Å². The van der Waals surface area contributed by atoms with Crippen LogP contribution in [-0.4, -0.2) is 47.5 Å². The van der Waals surface area contributed by atoms with E-state index in [0.29, 0.717) is 13.0 Å². The van der Waals surface area contributed by atoms with E-state index in [1.807, 2.05) is 0 Å². The van der Waals surface area contributed by atoms with E-state index >= 15 is 0 Å². The first-order valence-corrected chi connectivity index (χ1v) is 6.66. The molecule has 7 heteroatoms. The third-order valence-corrected chi connectivity index (χ3v) is 3.46. The summed E-state index contributed by atoms with van der Waals surface area (Å²) >= 11 is 0. The van der Waals surface area contributed by atoms with Gasteiger partial charge in [0, 0.05) is 13.6 Å². The van der Waals surface area contributed by atoms with Gasteiger partial charge in [0.25, 0.3) is 0 Å². The predicted molar refractivity (Wildman–Crippen MR) is 76.2 cm³/mol.